The van der Waals surface area contributed by atoms with Crippen molar-refractivity contribution in [1.82, 2.24) is 15.2 Å². The second kappa shape index (κ2) is 10.4. The Labute approximate surface area is 205 Å². The van der Waals surface area contributed by atoms with Crippen molar-refractivity contribution >= 4 is 34.3 Å². The number of piperidine rings is 1. The third kappa shape index (κ3) is 5.20. The van der Waals surface area contributed by atoms with E-state index in [1.54, 1.807) is 22.5 Å². The number of thioether (sulfide) groups is 1. The average molecular weight is 486 g/mol. The molecule has 2 N–H and O–H groups in total. The molecular weight excluding hydrogens is 449 g/mol. The van der Waals surface area contributed by atoms with Gasteiger partial charge in [-0.3, -0.25) is 14.9 Å². The van der Waals surface area contributed by atoms with Crippen molar-refractivity contribution in [2.45, 2.75) is 94.0 Å². The van der Waals surface area contributed by atoms with Crippen molar-refractivity contribution in [1.29, 1.82) is 0 Å². The van der Waals surface area contributed by atoms with E-state index in [4.69, 9.17) is 0 Å². The molecular formula is C27H36FN3O2S. The number of nitrogens with zero attached hydrogens (tertiary/aromatic N) is 1. The van der Waals surface area contributed by atoms with Crippen LogP contribution >= 0.6 is 11.8 Å². The molecule has 34 heavy (non-hydrogen) atoms. The molecule has 0 bridgehead atoms. The largest absolute Gasteiger partial charge is 0.341 e. The number of nitrogens with one attached hydrogen (secondary N) is 2. The number of rotatable bonds is 11. The summed E-state index contributed by atoms with van der Waals surface area (Å²) in [5.74, 6) is 0.184. The highest BCUT2D eigenvalue weighted by molar-refractivity contribution is 7.99. The summed E-state index contributed by atoms with van der Waals surface area (Å²) in [7, 11) is 0. The average Bonchev–Trinajstić information content (AvgIpc) is 3.20. The smallest absolute Gasteiger partial charge is 0.249 e. The number of halogens is 1. The molecule has 3 aliphatic rings. The summed E-state index contributed by atoms with van der Waals surface area (Å²) in [4.78, 5) is 24.7. The number of unbranched alkanes of at least 4 members (excludes halogenated alkanes) is 4. The van der Waals surface area contributed by atoms with Crippen molar-refractivity contribution in [3.8, 4) is 0 Å². The lowest BCUT2D eigenvalue weighted by Gasteiger charge is -2.54. The van der Waals surface area contributed by atoms with Crippen LogP contribution in [0.3, 0.4) is 0 Å². The number of amides is 2. The van der Waals surface area contributed by atoms with Crippen LogP contribution < -0.4 is 10.6 Å². The molecule has 1 spiro atoms. The van der Waals surface area contributed by atoms with E-state index in [0.717, 1.165) is 40.5 Å². The Morgan fingerprint density at radius 2 is 1.82 bits per heavy atom. The Morgan fingerprint density at radius 3 is 2.59 bits per heavy atom. The molecule has 2 aromatic rings. The Balaban J connectivity index is 1.02. The molecule has 2 amide bonds. The van der Waals surface area contributed by atoms with Crippen molar-refractivity contribution < 1.29 is 14.0 Å². The summed E-state index contributed by atoms with van der Waals surface area (Å²) >= 11 is 1.76. The number of fused-ring (bicyclic) bond motifs is 1. The third-order valence-electron chi connectivity index (χ3n) is 8.11. The minimum atomic E-state index is -0.458. The van der Waals surface area contributed by atoms with Crippen LogP contribution in [0.4, 0.5) is 4.39 Å². The first-order valence-electron chi connectivity index (χ1n) is 13.0. The van der Waals surface area contributed by atoms with Gasteiger partial charge in [0, 0.05) is 40.5 Å². The molecule has 2 aliphatic carbocycles. The Morgan fingerprint density at radius 1 is 1.06 bits per heavy atom. The lowest BCUT2D eigenvalue weighted by Crippen LogP contribution is -2.52. The van der Waals surface area contributed by atoms with E-state index in [1.165, 1.54) is 63.9 Å². The van der Waals surface area contributed by atoms with E-state index >= 15 is 0 Å². The first-order chi connectivity index (χ1) is 16.5. The molecule has 2 heterocycles. The fraction of sp³-hybridized carbons (Fsp3) is 0.630. The van der Waals surface area contributed by atoms with Gasteiger partial charge in [-0.25, -0.2) is 4.39 Å². The molecule has 1 unspecified atom stereocenters. The van der Waals surface area contributed by atoms with E-state index in [0.29, 0.717) is 18.2 Å². The molecule has 5 rings (SSSR count). The monoisotopic (exact) mass is 485 g/mol. The van der Waals surface area contributed by atoms with Gasteiger partial charge >= 0.3 is 0 Å². The summed E-state index contributed by atoms with van der Waals surface area (Å²) in [6.07, 6.45) is 17.7. The highest BCUT2D eigenvalue weighted by Gasteiger charge is 2.47. The van der Waals surface area contributed by atoms with Crippen molar-refractivity contribution in [2.24, 2.45) is 5.41 Å². The topological polar surface area (TPSA) is 63.1 Å². The Bertz CT molecular complexity index is 1040. The minimum Gasteiger partial charge on any atom is -0.341 e. The van der Waals surface area contributed by atoms with Crippen LogP contribution in [0.1, 0.15) is 83.1 Å². The number of imide groups is 1. The number of benzene rings is 1. The summed E-state index contributed by atoms with van der Waals surface area (Å²) in [6.45, 7) is 1.16. The molecule has 2 saturated carbocycles. The number of aromatic nitrogens is 1. The summed E-state index contributed by atoms with van der Waals surface area (Å²) in [6, 6.07) is 3.69. The predicted molar refractivity (Wildman–Crippen MR) is 134 cm³/mol. The second-order valence-corrected chi connectivity index (χ2v) is 11.7. The molecule has 7 heteroatoms. The highest BCUT2D eigenvalue weighted by Crippen LogP contribution is 2.55. The summed E-state index contributed by atoms with van der Waals surface area (Å²) in [5.41, 5.74) is 0.763. The normalized spacial score (nSPS) is 22.1. The Kier molecular flexibility index (Phi) is 7.30. The molecule has 3 fully saturated rings. The standard InChI is InChI=1S/C27H36FN3O2S/c28-22-7-9-24(21-18-31(17-20(21)22)23-8-10-25(32)30-26(23)33)34-14-5-3-1-2-4-13-29-19-15-27(16-19)11-6-12-27/h7,9,17-19,23,29H,1-6,8,10-16H2,(H,30,32,33). The molecule has 1 aliphatic heterocycles. The predicted octanol–water partition coefficient (Wildman–Crippen LogP) is 5.72. The number of carbonyl (C=O) groups is 2. The van der Waals surface area contributed by atoms with E-state index in [1.807, 2.05) is 12.3 Å². The van der Waals surface area contributed by atoms with Gasteiger partial charge in [0.1, 0.15) is 11.9 Å². The quantitative estimate of drug-likeness (QED) is 0.243. The molecule has 1 atom stereocenters. The van der Waals surface area contributed by atoms with Gasteiger partial charge in [-0.05, 0) is 74.8 Å². The van der Waals surface area contributed by atoms with Gasteiger partial charge in [0.25, 0.3) is 0 Å². The lowest BCUT2D eigenvalue weighted by molar-refractivity contribution is -0.135. The summed E-state index contributed by atoms with van der Waals surface area (Å²) in [5, 5.41) is 7.51. The van der Waals surface area contributed by atoms with E-state index < -0.39 is 6.04 Å². The molecule has 0 radical (unpaired) electrons. The molecule has 1 aromatic carbocycles. The zero-order chi connectivity index (χ0) is 23.5. The fourth-order valence-electron chi connectivity index (χ4n) is 5.92. The lowest BCUT2D eigenvalue weighted by atomic mass is 9.54. The van der Waals surface area contributed by atoms with Crippen molar-refractivity contribution in [3.63, 3.8) is 0 Å². The van der Waals surface area contributed by atoms with Gasteiger partial charge in [0.15, 0.2) is 0 Å². The van der Waals surface area contributed by atoms with Crippen molar-refractivity contribution in [2.75, 3.05) is 12.3 Å². The fourth-order valence-corrected chi connectivity index (χ4v) is 6.97. The Hall–Kier alpha value is -1.86. The van der Waals surface area contributed by atoms with E-state index in [9.17, 15) is 14.0 Å². The van der Waals surface area contributed by atoms with Crippen LogP contribution in [0, 0.1) is 11.2 Å². The molecule has 5 nitrogen and oxygen atoms in total. The first-order valence-corrected chi connectivity index (χ1v) is 14.0. The third-order valence-corrected chi connectivity index (χ3v) is 9.26. The molecule has 1 aromatic heterocycles. The van der Waals surface area contributed by atoms with Crippen molar-refractivity contribution in [3.05, 3.63) is 30.3 Å². The van der Waals surface area contributed by atoms with Gasteiger partial charge in [0.2, 0.25) is 11.8 Å². The van der Waals surface area contributed by atoms with Crippen LogP contribution in [0.2, 0.25) is 0 Å². The maximum absolute atomic E-state index is 14.4. The van der Waals surface area contributed by atoms with Crippen LogP contribution in [0.5, 0.6) is 0 Å². The molecule has 1 saturated heterocycles. The number of hydrogen-bond donors (Lipinski definition) is 2. The zero-order valence-corrected chi connectivity index (χ0v) is 20.7. The van der Waals surface area contributed by atoms with Gasteiger partial charge in [0.05, 0.1) is 0 Å². The zero-order valence-electron chi connectivity index (χ0n) is 19.9. The number of carbonyl (C=O) groups excluding carboxylic acids is 2. The van der Waals surface area contributed by atoms with Gasteiger partial charge < -0.3 is 9.88 Å². The van der Waals surface area contributed by atoms with E-state index in [2.05, 4.69) is 10.6 Å². The van der Waals surface area contributed by atoms with Crippen LogP contribution in [0.15, 0.2) is 29.4 Å². The van der Waals surface area contributed by atoms with Gasteiger partial charge in [-0.2, -0.15) is 0 Å². The van der Waals surface area contributed by atoms with Crippen LogP contribution in [-0.2, 0) is 9.59 Å². The van der Waals surface area contributed by atoms with Gasteiger partial charge in [-0.15, -0.1) is 11.8 Å². The molecule has 184 valence electrons. The van der Waals surface area contributed by atoms with Crippen LogP contribution in [-0.4, -0.2) is 34.7 Å². The van der Waals surface area contributed by atoms with E-state index in [-0.39, 0.29) is 17.6 Å². The summed E-state index contributed by atoms with van der Waals surface area (Å²) < 4.78 is 16.2. The SMILES string of the molecule is O=C1CCC(n2cc3c(F)ccc(SCCCCCCCNC4CC5(CCC5)C4)c3c2)C(=O)N1. The van der Waals surface area contributed by atoms with Gasteiger partial charge in [-0.1, -0.05) is 25.7 Å². The maximum Gasteiger partial charge on any atom is 0.249 e. The first kappa shape index (κ1) is 23.9. The maximum atomic E-state index is 14.4. The highest BCUT2D eigenvalue weighted by atomic mass is 32.2. The second-order valence-electron chi connectivity index (χ2n) is 10.6. The van der Waals surface area contributed by atoms with Crippen LogP contribution in [0.25, 0.3) is 10.8 Å². The number of hydrogen-bond acceptors (Lipinski definition) is 4. The minimum absolute atomic E-state index is 0.239.